The summed E-state index contributed by atoms with van der Waals surface area (Å²) in [6.45, 7) is 0.433. The SMILES string of the molecule is OC(CCl)CNc1cccc(-c2cccc(Cl)c2)c1. The first-order chi connectivity index (χ1) is 9.19. The number of rotatable bonds is 5. The predicted molar refractivity (Wildman–Crippen MR) is 82.1 cm³/mol. The molecule has 0 bridgehead atoms. The summed E-state index contributed by atoms with van der Waals surface area (Å²) in [4.78, 5) is 0. The van der Waals surface area contributed by atoms with Crippen molar-refractivity contribution in [2.24, 2.45) is 0 Å². The Morgan fingerprint density at radius 2 is 1.74 bits per heavy atom. The number of aliphatic hydroxyl groups excluding tert-OH is 1. The van der Waals surface area contributed by atoms with Crippen LogP contribution < -0.4 is 5.32 Å². The van der Waals surface area contributed by atoms with Crippen molar-refractivity contribution in [1.82, 2.24) is 0 Å². The lowest BCUT2D eigenvalue weighted by molar-refractivity contribution is 0.211. The number of alkyl halides is 1. The molecule has 0 aliphatic heterocycles. The summed E-state index contributed by atoms with van der Waals surface area (Å²) in [5, 5.41) is 13.3. The minimum Gasteiger partial charge on any atom is -0.390 e. The Labute approximate surface area is 123 Å². The minimum absolute atomic E-state index is 0.223. The van der Waals surface area contributed by atoms with E-state index in [0.717, 1.165) is 16.8 Å². The molecule has 0 saturated heterocycles. The molecule has 2 aromatic carbocycles. The maximum absolute atomic E-state index is 9.43. The number of nitrogens with one attached hydrogen (secondary N) is 1. The molecule has 0 radical (unpaired) electrons. The average molecular weight is 296 g/mol. The molecule has 4 heteroatoms. The van der Waals surface area contributed by atoms with E-state index >= 15 is 0 Å². The first kappa shape index (κ1) is 14.2. The van der Waals surface area contributed by atoms with Crippen LogP contribution in [-0.4, -0.2) is 23.6 Å². The lowest BCUT2D eigenvalue weighted by atomic mass is 10.1. The highest BCUT2D eigenvalue weighted by molar-refractivity contribution is 6.30. The Kier molecular flexibility index (Phi) is 5.08. The first-order valence-corrected chi connectivity index (χ1v) is 6.94. The van der Waals surface area contributed by atoms with Crippen LogP contribution in [0.3, 0.4) is 0 Å². The molecule has 0 aromatic heterocycles. The monoisotopic (exact) mass is 295 g/mol. The molecule has 100 valence electrons. The number of hydrogen-bond donors (Lipinski definition) is 2. The van der Waals surface area contributed by atoms with Crippen LogP contribution in [0.2, 0.25) is 5.02 Å². The standard InChI is InChI=1S/C15H15Cl2NO/c16-9-15(19)10-18-14-6-2-4-12(8-14)11-3-1-5-13(17)7-11/h1-8,15,18-19H,9-10H2. The van der Waals surface area contributed by atoms with Gasteiger partial charge in [0.1, 0.15) is 0 Å². The summed E-state index contributed by atoms with van der Waals surface area (Å²) in [6.07, 6.45) is -0.545. The van der Waals surface area contributed by atoms with E-state index in [9.17, 15) is 5.11 Å². The van der Waals surface area contributed by atoms with Crippen LogP contribution in [0.25, 0.3) is 11.1 Å². The van der Waals surface area contributed by atoms with Crippen molar-refractivity contribution in [3.05, 3.63) is 53.6 Å². The summed E-state index contributed by atoms with van der Waals surface area (Å²) in [5.74, 6) is 0.223. The van der Waals surface area contributed by atoms with E-state index < -0.39 is 6.10 Å². The van der Waals surface area contributed by atoms with Gasteiger partial charge in [0.05, 0.1) is 12.0 Å². The number of benzene rings is 2. The van der Waals surface area contributed by atoms with Crippen LogP contribution in [0.5, 0.6) is 0 Å². The van der Waals surface area contributed by atoms with Gasteiger partial charge in [-0.1, -0.05) is 35.9 Å². The molecule has 0 aliphatic carbocycles. The van der Waals surface area contributed by atoms with Gasteiger partial charge in [-0.05, 0) is 35.4 Å². The summed E-state index contributed by atoms with van der Waals surface area (Å²) >= 11 is 11.6. The highest BCUT2D eigenvalue weighted by Crippen LogP contribution is 2.25. The Balaban J connectivity index is 2.15. The van der Waals surface area contributed by atoms with Gasteiger partial charge in [-0.2, -0.15) is 0 Å². The van der Waals surface area contributed by atoms with Gasteiger partial charge in [0, 0.05) is 17.3 Å². The van der Waals surface area contributed by atoms with Crippen LogP contribution >= 0.6 is 23.2 Å². The zero-order valence-corrected chi connectivity index (χ0v) is 11.8. The third-order valence-electron chi connectivity index (χ3n) is 2.74. The normalized spacial score (nSPS) is 12.2. The lowest BCUT2D eigenvalue weighted by Crippen LogP contribution is -2.20. The fraction of sp³-hybridized carbons (Fsp3) is 0.200. The smallest absolute Gasteiger partial charge is 0.0847 e. The molecule has 2 aromatic rings. The molecule has 0 fully saturated rings. The van der Waals surface area contributed by atoms with Gasteiger partial charge in [0.25, 0.3) is 0 Å². The molecule has 2 rings (SSSR count). The second kappa shape index (κ2) is 6.80. The summed E-state index contributed by atoms with van der Waals surface area (Å²) in [6, 6.07) is 15.7. The molecule has 0 heterocycles. The van der Waals surface area contributed by atoms with Crippen LogP contribution in [0, 0.1) is 0 Å². The van der Waals surface area contributed by atoms with Crippen molar-refractivity contribution in [1.29, 1.82) is 0 Å². The van der Waals surface area contributed by atoms with Crippen molar-refractivity contribution in [3.8, 4) is 11.1 Å². The molecule has 2 N–H and O–H groups in total. The molecule has 19 heavy (non-hydrogen) atoms. The van der Waals surface area contributed by atoms with Gasteiger partial charge < -0.3 is 10.4 Å². The largest absolute Gasteiger partial charge is 0.390 e. The van der Waals surface area contributed by atoms with E-state index in [1.165, 1.54) is 0 Å². The Morgan fingerprint density at radius 3 is 2.42 bits per heavy atom. The maximum Gasteiger partial charge on any atom is 0.0847 e. The third kappa shape index (κ3) is 4.13. The molecular formula is C15H15Cl2NO. The van der Waals surface area contributed by atoms with E-state index in [4.69, 9.17) is 23.2 Å². The fourth-order valence-corrected chi connectivity index (χ4v) is 2.07. The van der Waals surface area contributed by atoms with E-state index in [2.05, 4.69) is 5.32 Å². The fourth-order valence-electron chi connectivity index (χ4n) is 1.77. The highest BCUT2D eigenvalue weighted by Gasteiger charge is 2.03. The molecule has 0 aliphatic rings. The van der Waals surface area contributed by atoms with Crippen LogP contribution in [0.4, 0.5) is 5.69 Å². The van der Waals surface area contributed by atoms with E-state index in [1.807, 2.05) is 48.5 Å². The molecule has 0 amide bonds. The van der Waals surface area contributed by atoms with Crippen molar-refractivity contribution in [2.75, 3.05) is 17.7 Å². The van der Waals surface area contributed by atoms with Gasteiger partial charge in [-0.3, -0.25) is 0 Å². The average Bonchev–Trinajstić information content (AvgIpc) is 2.45. The lowest BCUT2D eigenvalue weighted by Gasteiger charge is -2.11. The van der Waals surface area contributed by atoms with E-state index in [-0.39, 0.29) is 5.88 Å². The molecule has 1 unspecified atom stereocenters. The number of hydrogen-bond acceptors (Lipinski definition) is 2. The quantitative estimate of drug-likeness (QED) is 0.817. The Bertz CT molecular complexity index is 545. The zero-order valence-electron chi connectivity index (χ0n) is 10.3. The number of anilines is 1. The second-order valence-electron chi connectivity index (χ2n) is 4.28. The first-order valence-electron chi connectivity index (χ1n) is 6.03. The van der Waals surface area contributed by atoms with Crippen molar-refractivity contribution >= 4 is 28.9 Å². The van der Waals surface area contributed by atoms with Crippen molar-refractivity contribution in [2.45, 2.75) is 6.10 Å². The van der Waals surface area contributed by atoms with Crippen LogP contribution in [-0.2, 0) is 0 Å². The van der Waals surface area contributed by atoms with Crippen LogP contribution in [0.15, 0.2) is 48.5 Å². The Hall–Kier alpha value is -1.22. The van der Waals surface area contributed by atoms with Gasteiger partial charge in [-0.15, -0.1) is 11.6 Å². The summed E-state index contributed by atoms with van der Waals surface area (Å²) in [5.41, 5.74) is 3.09. The second-order valence-corrected chi connectivity index (χ2v) is 5.03. The summed E-state index contributed by atoms with van der Waals surface area (Å²) < 4.78 is 0. The predicted octanol–water partition coefficient (Wildman–Crippen LogP) is 4.02. The van der Waals surface area contributed by atoms with Crippen LogP contribution in [0.1, 0.15) is 0 Å². The van der Waals surface area contributed by atoms with E-state index in [0.29, 0.717) is 11.6 Å². The van der Waals surface area contributed by atoms with Gasteiger partial charge in [0.2, 0.25) is 0 Å². The molecule has 1 atom stereocenters. The van der Waals surface area contributed by atoms with Gasteiger partial charge in [0.15, 0.2) is 0 Å². The number of halogens is 2. The molecule has 0 spiro atoms. The van der Waals surface area contributed by atoms with E-state index in [1.54, 1.807) is 0 Å². The van der Waals surface area contributed by atoms with Gasteiger partial charge in [-0.25, -0.2) is 0 Å². The van der Waals surface area contributed by atoms with Crippen molar-refractivity contribution < 1.29 is 5.11 Å². The minimum atomic E-state index is -0.545. The Morgan fingerprint density at radius 1 is 1.05 bits per heavy atom. The molecule has 0 saturated carbocycles. The summed E-state index contributed by atoms with van der Waals surface area (Å²) in [7, 11) is 0. The zero-order chi connectivity index (χ0) is 13.7. The topological polar surface area (TPSA) is 32.3 Å². The molecule has 2 nitrogen and oxygen atoms in total. The third-order valence-corrected chi connectivity index (χ3v) is 3.33. The highest BCUT2D eigenvalue weighted by atomic mass is 35.5. The number of aliphatic hydroxyl groups is 1. The maximum atomic E-state index is 9.43. The van der Waals surface area contributed by atoms with Crippen molar-refractivity contribution in [3.63, 3.8) is 0 Å². The molecular weight excluding hydrogens is 281 g/mol. The van der Waals surface area contributed by atoms with Gasteiger partial charge >= 0.3 is 0 Å².